The Balaban J connectivity index is 1.84. The number of thiophene rings is 1. The quantitative estimate of drug-likeness (QED) is 0.305. The average molecular weight is 549 g/mol. The van der Waals surface area contributed by atoms with Crippen molar-refractivity contribution in [3.63, 3.8) is 0 Å². The first kappa shape index (κ1) is 28.1. The normalized spacial score (nSPS) is 12.2. The van der Waals surface area contributed by atoms with Crippen LogP contribution in [-0.4, -0.2) is 38.5 Å². The summed E-state index contributed by atoms with van der Waals surface area (Å²) in [7, 11) is 0. The van der Waals surface area contributed by atoms with E-state index in [0.717, 1.165) is 4.88 Å². The second-order valence-electron chi connectivity index (χ2n) is 9.28. The fourth-order valence-electron chi connectivity index (χ4n) is 3.36. The van der Waals surface area contributed by atoms with Gasteiger partial charge in [-0.15, -0.1) is 11.3 Å². The summed E-state index contributed by atoms with van der Waals surface area (Å²) in [6.45, 7) is 8.48. The molecular formula is C25H29ClN4O6S. The molecule has 0 saturated carbocycles. The van der Waals surface area contributed by atoms with Crippen molar-refractivity contribution in [3.05, 3.63) is 56.1 Å². The summed E-state index contributed by atoms with van der Waals surface area (Å²) in [5, 5.41) is 7.67. The highest BCUT2D eigenvalue weighted by Crippen LogP contribution is 2.26. The number of pyridine rings is 1. The first-order valence-electron chi connectivity index (χ1n) is 11.5. The number of ether oxygens (including phenoxy) is 2. The Morgan fingerprint density at radius 3 is 2.54 bits per heavy atom. The van der Waals surface area contributed by atoms with E-state index in [1.807, 2.05) is 6.07 Å². The van der Waals surface area contributed by atoms with E-state index < -0.39 is 23.6 Å². The number of rotatable bonds is 9. The molecule has 0 amide bonds. The molecule has 3 heterocycles. The fraction of sp³-hybridized carbons (Fsp3) is 0.400. The number of nitrogens with one attached hydrogen (secondary N) is 1. The molecule has 0 aliphatic rings. The Hall–Kier alpha value is -3.44. The van der Waals surface area contributed by atoms with Crippen LogP contribution in [0.5, 0.6) is 0 Å². The molecule has 0 saturated heterocycles. The number of aromatic nitrogens is 3. The largest absolute Gasteiger partial charge is 0.426 e. The zero-order chi connectivity index (χ0) is 27.3. The van der Waals surface area contributed by atoms with Crippen molar-refractivity contribution >= 4 is 46.6 Å². The predicted octanol–water partition coefficient (Wildman–Crippen LogP) is 4.57. The van der Waals surface area contributed by atoms with Crippen molar-refractivity contribution in [1.82, 2.24) is 14.3 Å². The smallest absolute Gasteiger partial charge is 0.310 e. The molecule has 1 unspecified atom stereocenters. The molecule has 10 nitrogen and oxygen atoms in total. The molecule has 3 aromatic rings. The van der Waals surface area contributed by atoms with Crippen LogP contribution in [0.15, 0.2) is 41.3 Å². The Morgan fingerprint density at radius 2 is 1.92 bits per heavy atom. The maximum absolute atomic E-state index is 13.2. The van der Waals surface area contributed by atoms with Crippen LogP contribution in [0.2, 0.25) is 4.34 Å². The number of halogens is 1. The zero-order valence-electron chi connectivity index (χ0n) is 21.2. The van der Waals surface area contributed by atoms with E-state index in [1.54, 1.807) is 51.2 Å². The van der Waals surface area contributed by atoms with Crippen molar-refractivity contribution < 1.29 is 23.9 Å². The lowest BCUT2D eigenvalue weighted by molar-refractivity contribution is -0.183. The van der Waals surface area contributed by atoms with Crippen molar-refractivity contribution in [2.45, 2.75) is 60.4 Å². The number of aryl methyl sites for hydroxylation is 1. The van der Waals surface area contributed by atoms with Gasteiger partial charge >= 0.3 is 11.9 Å². The maximum atomic E-state index is 13.2. The topological polar surface area (TPSA) is 122 Å². The van der Waals surface area contributed by atoms with Gasteiger partial charge in [0.25, 0.3) is 11.5 Å². The number of carbonyl (C=O) groups is 3. The molecule has 198 valence electrons. The highest BCUT2D eigenvalue weighted by molar-refractivity contribution is 7.16. The zero-order valence-corrected chi connectivity index (χ0v) is 22.8. The summed E-state index contributed by atoms with van der Waals surface area (Å²) in [5.74, 6) is -0.989. The highest BCUT2D eigenvalue weighted by atomic mass is 35.5. The van der Waals surface area contributed by atoms with Gasteiger partial charge in [-0.2, -0.15) is 9.78 Å². The molecular weight excluding hydrogens is 520 g/mol. The molecule has 12 heteroatoms. The van der Waals surface area contributed by atoms with Crippen molar-refractivity contribution in [1.29, 1.82) is 0 Å². The van der Waals surface area contributed by atoms with E-state index in [9.17, 15) is 19.2 Å². The van der Waals surface area contributed by atoms with Gasteiger partial charge in [-0.05, 0) is 24.3 Å². The molecule has 0 aliphatic carbocycles. The third-order valence-corrected chi connectivity index (χ3v) is 6.33. The summed E-state index contributed by atoms with van der Waals surface area (Å²) in [5.41, 5.74) is -0.513. The highest BCUT2D eigenvalue weighted by Gasteiger charge is 2.27. The number of nitrogens with zero attached hydrogens (tertiary/aromatic N) is 3. The van der Waals surface area contributed by atoms with Crippen LogP contribution >= 0.6 is 22.9 Å². The summed E-state index contributed by atoms with van der Waals surface area (Å²) in [6.07, 6.45) is 0.418. The summed E-state index contributed by atoms with van der Waals surface area (Å²) in [6, 6.07) is 8.60. The predicted molar refractivity (Wildman–Crippen MR) is 141 cm³/mol. The Kier molecular flexibility index (Phi) is 8.93. The lowest BCUT2D eigenvalue weighted by Crippen LogP contribution is -2.29. The van der Waals surface area contributed by atoms with Gasteiger partial charge in [-0.3, -0.25) is 19.2 Å². The van der Waals surface area contributed by atoms with Crippen LogP contribution in [0, 0.1) is 5.41 Å². The summed E-state index contributed by atoms with van der Waals surface area (Å²) >= 11 is 7.44. The van der Waals surface area contributed by atoms with Crippen LogP contribution in [0.4, 0.5) is 5.82 Å². The van der Waals surface area contributed by atoms with Crippen LogP contribution in [0.3, 0.4) is 0 Å². The van der Waals surface area contributed by atoms with Crippen LogP contribution in [0.25, 0.3) is 11.3 Å². The molecule has 0 spiro atoms. The molecule has 3 aromatic heterocycles. The average Bonchev–Trinajstić information content (AvgIpc) is 3.41. The first-order valence-corrected chi connectivity index (χ1v) is 12.7. The molecule has 1 N–H and O–H groups in total. The number of hydrogen-bond acceptors (Lipinski definition) is 9. The maximum Gasteiger partial charge on any atom is 0.310 e. The van der Waals surface area contributed by atoms with E-state index in [0.29, 0.717) is 22.4 Å². The van der Waals surface area contributed by atoms with E-state index in [1.165, 1.54) is 34.4 Å². The van der Waals surface area contributed by atoms with E-state index in [2.05, 4.69) is 10.4 Å². The number of anilines is 1. The van der Waals surface area contributed by atoms with Gasteiger partial charge in [-0.1, -0.05) is 32.4 Å². The van der Waals surface area contributed by atoms with Gasteiger partial charge in [0.15, 0.2) is 0 Å². The Morgan fingerprint density at radius 1 is 1.19 bits per heavy atom. The lowest BCUT2D eigenvalue weighted by Gasteiger charge is -2.18. The van der Waals surface area contributed by atoms with E-state index in [-0.39, 0.29) is 30.0 Å². The third-order valence-electron chi connectivity index (χ3n) is 5.10. The van der Waals surface area contributed by atoms with Gasteiger partial charge in [-0.25, -0.2) is 0 Å². The molecule has 0 aromatic carbocycles. The van der Waals surface area contributed by atoms with Gasteiger partial charge in [0.1, 0.15) is 11.5 Å². The standard InChI is InChI=1S/C25H29ClN4O6S/c1-15(31)35-16(2)36-22(32)10-12-29-11-6-7-18(23(29)33)19-13-21(27-14-17-8-9-20(26)37-17)30(28-19)24(34)25(3,4)5/h6-9,11,13,16,27H,10,12,14H2,1-5H3. The monoisotopic (exact) mass is 548 g/mol. The summed E-state index contributed by atoms with van der Waals surface area (Å²) in [4.78, 5) is 50.3. The second kappa shape index (κ2) is 11.7. The number of carbonyl (C=O) groups excluding carboxylic acids is 3. The van der Waals surface area contributed by atoms with Crippen LogP contribution in [-0.2, 0) is 32.2 Å². The van der Waals surface area contributed by atoms with Crippen molar-refractivity contribution in [2.24, 2.45) is 5.41 Å². The molecule has 0 aliphatic heterocycles. The van der Waals surface area contributed by atoms with Crippen LogP contribution in [0.1, 0.15) is 50.7 Å². The van der Waals surface area contributed by atoms with E-state index in [4.69, 9.17) is 21.1 Å². The second-order valence-corrected chi connectivity index (χ2v) is 11.1. The third kappa shape index (κ3) is 7.53. The molecule has 3 rings (SSSR count). The molecule has 0 bridgehead atoms. The molecule has 37 heavy (non-hydrogen) atoms. The number of esters is 2. The number of hydrogen-bond donors (Lipinski definition) is 1. The molecule has 0 fully saturated rings. The minimum atomic E-state index is -1.02. The van der Waals surface area contributed by atoms with Gasteiger partial charge in [0, 0.05) is 42.9 Å². The van der Waals surface area contributed by atoms with Gasteiger partial charge < -0.3 is 19.4 Å². The molecule has 0 radical (unpaired) electrons. The van der Waals surface area contributed by atoms with Gasteiger partial charge in [0.2, 0.25) is 6.29 Å². The summed E-state index contributed by atoms with van der Waals surface area (Å²) < 4.78 is 13.1. The van der Waals surface area contributed by atoms with Crippen LogP contribution < -0.4 is 10.9 Å². The molecule has 1 atom stereocenters. The Bertz CT molecular complexity index is 1350. The first-order chi connectivity index (χ1) is 17.3. The Labute approximate surface area is 223 Å². The van der Waals surface area contributed by atoms with E-state index >= 15 is 0 Å². The lowest BCUT2D eigenvalue weighted by atomic mass is 9.96. The van der Waals surface area contributed by atoms with Crippen molar-refractivity contribution in [2.75, 3.05) is 5.32 Å². The fourth-order valence-corrected chi connectivity index (χ4v) is 4.38. The SMILES string of the molecule is CC(=O)OC(C)OC(=O)CCn1cccc(-c2cc(NCc3ccc(Cl)s3)n(C(=O)C(C)(C)C)n2)c1=O. The minimum Gasteiger partial charge on any atom is -0.426 e. The minimum absolute atomic E-state index is 0.0458. The van der Waals surface area contributed by atoms with Crippen molar-refractivity contribution in [3.8, 4) is 11.3 Å². The van der Waals surface area contributed by atoms with Gasteiger partial charge in [0.05, 0.1) is 22.9 Å².